The van der Waals surface area contributed by atoms with Gasteiger partial charge in [-0.15, -0.1) is 0 Å². The predicted molar refractivity (Wildman–Crippen MR) is 64.3 cm³/mol. The van der Waals surface area contributed by atoms with Crippen molar-refractivity contribution >= 4 is 27.7 Å². The summed E-state index contributed by atoms with van der Waals surface area (Å²) in [5.74, 6) is 0. The van der Waals surface area contributed by atoms with Crippen molar-refractivity contribution in [3.8, 4) is 0 Å². The normalized spacial score (nSPS) is 18.2. The minimum atomic E-state index is -1.02. The smallest absolute Gasteiger partial charge is 0.411 e. The van der Waals surface area contributed by atoms with E-state index in [9.17, 15) is 4.79 Å². The lowest BCUT2D eigenvalue weighted by atomic mass is 9.99. The summed E-state index contributed by atoms with van der Waals surface area (Å²) in [6, 6.07) is 5.16. The van der Waals surface area contributed by atoms with E-state index in [4.69, 9.17) is 10.6 Å². The molecule has 1 aromatic carbocycles. The first kappa shape index (κ1) is 11.8. The number of rotatable bonds is 1. The number of carbonyl (C=O) groups is 1. The Morgan fingerprint density at radius 1 is 1.65 bits per heavy atom. The van der Waals surface area contributed by atoms with Crippen molar-refractivity contribution in [1.82, 2.24) is 4.91 Å². The highest BCUT2D eigenvalue weighted by molar-refractivity contribution is 9.10. The van der Waals surface area contributed by atoms with Crippen molar-refractivity contribution in [2.45, 2.75) is 12.5 Å². The molecule has 6 nitrogen and oxygen atoms in total. The first-order valence-electron chi connectivity index (χ1n) is 4.97. The van der Waals surface area contributed by atoms with E-state index in [1.807, 2.05) is 6.07 Å². The number of hydrogen-bond acceptors (Lipinski definition) is 3. The van der Waals surface area contributed by atoms with E-state index >= 15 is 0 Å². The van der Waals surface area contributed by atoms with E-state index in [-0.39, 0.29) is 12.6 Å². The van der Waals surface area contributed by atoms with Crippen LogP contribution in [-0.2, 0) is 6.42 Å². The quantitative estimate of drug-likeness (QED) is 0.615. The minimum Gasteiger partial charge on any atom is -0.465 e. The summed E-state index contributed by atoms with van der Waals surface area (Å²) in [6.45, 7) is 0.242. The van der Waals surface area contributed by atoms with Gasteiger partial charge in [0.25, 0.3) is 0 Å². The van der Waals surface area contributed by atoms with Crippen molar-refractivity contribution in [3.63, 3.8) is 0 Å². The van der Waals surface area contributed by atoms with Gasteiger partial charge in [-0.05, 0) is 23.8 Å². The molecule has 0 fully saturated rings. The monoisotopic (exact) mass is 297 g/mol. The van der Waals surface area contributed by atoms with Gasteiger partial charge in [0.05, 0.1) is 12.2 Å². The molecule has 0 aliphatic carbocycles. The van der Waals surface area contributed by atoms with Gasteiger partial charge in [0, 0.05) is 10.9 Å². The van der Waals surface area contributed by atoms with Crippen LogP contribution in [0.2, 0.25) is 0 Å². The molecule has 0 radical (unpaired) electrons. The van der Waals surface area contributed by atoms with Crippen molar-refractivity contribution in [2.24, 2.45) is 5.11 Å². The molecular weight excluding hydrogens is 288 g/mol. The maximum Gasteiger partial charge on any atom is 0.411 e. The summed E-state index contributed by atoms with van der Waals surface area (Å²) in [5.41, 5.74) is 8.29. The van der Waals surface area contributed by atoms with E-state index in [0.29, 0.717) is 12.1 Å². The van der Waals surface area contributed by atoms with Crippen LogP contribution in [0, 0.1) is 5.53 Å². The largest absolute Gasteiger partial charge is 0.465 e. The highest BCUT2D eigenvalue weighted by Gasteiger charge is 2.30. The highest BCUT2D eigenvalue weighted by Crippen LogP contribution is 2.30. The minimum absolute atomic E-state index is 0.242. The van der Waals surface area contributed by atoms with Crippen molar-refractivity contribution < 1.29 is 9.90 Å². The van der Waals surface area contributed by atoms with Gasteiger partial charge in [0.1, 0.15) is 10.6 Å². The van der Waals surface area contributed by atoms with Gasteiger partial charge in [0.15, 0.2) is 6.04 Å². The lowest BCUT2D eigenvalue weighted by Gasteiger charge is -2.28. The zero-order valence-corrected chi connectivity index (χ0v) is 10.4. The molecule has 2 rings (SSSR count). The third-order valence-electron chi connectivity index (χ3n) is 2.63. The molecule has 1 amide bonds. The number of benzene rings is 1. The average Bonchev–Trinajstić information content (AvgIpc) is 2.27. The molecule has 1 aromatic rings. The molecule has 0 saturated carbocycles. The zero-order chi connectivity index (χ0) is 12.4. The zero-order valence-electron chi connectivity index (χ0n) is 8.80. The van der Waals surface area contributed by atoms with Crippen LogP contribution in [-0.4, -0.2) is 23.8 Å². The first-order valence-corrected chi connectivity index (χ1v) is 5.76. The molecule has 2 N–H and O–H groups in total. The van der Waals surface area contributed by atoms with E-state index in [0.717, 1.165) is 10.0 Å². The molecular formula is C10H10BrN4O2+. The van der Waals surface area contributed by atoms with Crippen LogP contribution in [0.5, 0.6) is 0 Å². The van der Waals surface area contributed by atoms with Crippen molar-refractivity contribution in [2.75, 3.05) is 11.4 Å². The number of hydrogen-bond donors (Lipinski definition) is 2. The number of carboxylic acid groups (broad SMARTS) is 1. The number of anilines is 1. The third-order valence-corrected chi connectivity index (χ3v) is 3.13. The number of amides is 1. The SMILES string of the molecule is N=[N+]=NC1Cc2cc(Br)ccc2N(C(=O)O)C1. The van der Waals surface area contributed by atoms with Gasteiger partial charge in [-0.3, -0.25) is 4.90 Å². The Balaban J connectivity index is 2.44. The summed E-state index contributed by atoms with van der Waals surface area (Å²) in [5, 5.41) is 12.9. The van der Waals surface area contributed by atoms with E-state index in [1.54, 1.807) is 12.1 Å². The van der Waals surface area contributed by atoms with Gasteiger partial charge in [0.2, 0.25) is 4.91 Å². The summed E-state index contributed by atoms with van der Waals surface area (Å²) in [4.78, 5) is 15.4. The molecule has 0 bridgehead atoms. The van der Waals surface area contributed by atoms with Crippen LogP contribution in [0.15, 0.2) is 27.8 Å². The van der Waals surface area contributed by atoms with Crippen molar-refractivity contribution in [1.29, 1.82) is 5.53 Å². The lowest BCUT2D eigenvalue weighted by Crippen LogP contribution is -2.41. The summed E-state index contributed by atoms with van der Waals surface area (Å²) < 4.78 is 0.894. The second-order valence-electron chi connectivity index (χ2n) is 3.74. The molecule has 0 saturated heterocycles. The Morgan fingerprint density at radius 3 is 3.06 bits per heavy atom. The fraction of sp³-hybridized carbons (Fsp3) is 0.300. The average molecular weight is 298 g/mol. The maximum atomic E-state index is 11.1. The van der Waals surface area contributed by atoms with E-state index in [2.05, 4.69) is 26.0 Å². The van der Waals surface area contributed by atoms with Crippen molar-refractivity contribution in [3.05, 3.63) is 28.2 Å². The Labute approximate surface area is 106 Å². The van der Waals surface area contributed by atoms with Crippen LogP contribution in [0.4, 0.5) is 10.5 Å². The molecule has 7 heteroatoms. The van der Waals surface area contributed by atoms with Crippen LogP contribution in [0.25, 0.3) is 0 Å². The molecule has 1 heterocycles. The first-order chi connectivity index (χ1) is 8.11. The Hall–Kier alpha value is -1.72. The van der Waals surface area contributed by atoms with E-state index < -0.39 is 6.09 Å². The Bertz CT molecular complexity index is 513. The van der Waals surface area contributed by atoms with Crippen LogP contribution < -0.4 is 9.81 Å². The summed E-state index contributed by atoms with van der Waals surface area (Å²) >= 11 is 3.35. The molecule has 1 aliphatic rings. The van der Waals surface area contributed by atoms with Gasteiger partial charge in [-0.2, -0.15) is 0 Å². The molecule has 0 aromatic heterocycles. The standard InChI is InChI=1S/C10H9BrN4O2/c11-7-1-2-9-6(3-7)4-8(13-14-12)5-15(9)10(16)17/h1-3,8,12H,4-5H2/p+1. The summed E-state index contributed by atoms with van der Waals surface area (Å²) in [7, 11) is 0. The fourth-order valence-corrected chi connectivity index (χ4v) is 2.36. The molecule has 17 heavy (non-hydrogen) atoms. The Kier molecular flexibility index (Phi) is 3.21. The van der Waals surface area contributed by atoms with Crippen LogP contribution >= 0.6 is 15.9 Å². The molecule has 1 atom stereocenters. The molecule has 1 aliphatic heterocycles. The summed E-state index contributed by atoms with van der Waals surface area (Å²) in [6.07, 6.45) is -0.417. The predicted octanol–water partition coefficient (Wildman–Crippen LogP) is 2.41. The molecule has 88 valence electrons. The number of nitrogens with one attached hydrogen (secondary N) is 1. The third kappa shape index (κ3) is 2.35. The van der Waals surface area contributed by atoms with Crippen LogP contribution in [0.3, 0.4) is 0 Å². The number of halogens is 1. The fourth-order valence-electron chi connectivity index (χ4n) is 1.95. The highest BCUT2D eigenvalue weighted by atomic mass is 79.9. The van der Waals surface area contributed by atoms with Gasteiger partial charge >= 0.3 is 6.09 Å². The molecule has 1 unspecified atom stereocenters. The van der Waals surface area contributed by atoms with Crippen LogP contribution in [0.1, 0.15) is 5.56 Å². The molecule has 0 spiro atoms. The van der Waals surface area contributed by atoms with Gasteiger partial charge in [-0.25, -0.2) is 4.79 Å². The Morgan fingerprint density at radius 2 is 2.41 bits per heavy atom. The van der Waals surface area contributed by atoms with E-state index in [1.165, 1.54) is 4.90 Å². The lowest BCUT2D eigenvalue weighted by molar-refractivity contribution is 0.200. The number of nitrogens with zero attached hydrogens (tertiary/aromatic N) is 3. The number of fused-ring (bicyclic) bond motifs is 1. The van der Waals surface area contributed by atoms with Gasteiger partial charge < -0.3 is 5.11 Å². The second kappa shape index (κ2) is 4.65. The maximum absolute atomic E-state index is 11.1. The topological polar surface area (TPSA) is 90.9 Å². The van der Waals surface area contributed by atoms with Gasteiger partial charge in [-0.1, -0.05) is 15.9 Å². The second-order valence-corrected chi connectivity index (χ2v) is 4.66.